The van der Waals surface area contributed by atoms with E-state index in [4.69, 9.17) is 0 Å². The molecule has 1 saturated heterocycles. The first kappa shape index (κ1) is 17.3. The van der Waals surface area contributed by atoms with Gasteiger partial charge in [0, 0.05) is 12.1 Å². The number of hydrogen-bond acceptors (Lipinski definition) is 2. The zero-order valence-electron chi connectivity index (χ0n) is 15.1. The molecule has 2 rings (SSSR count). The van der Waals surface area contributed by atoms with Gasteiger partial charge in [-0.1, -0.05) is 41.0 Å². The second kappa shape index (κ2) is 7.46. The van der Waals surface area contributed by atoms with Crippen LogP contribution in [0.1, 0.15) is 73.1 Å². The molecule has 0 bridgehead atoms. The SMILES string of the molecule is CCCNC1CC(C)CC(C)C1N1CCC(C)(CC)CC1. The third-order valence-electron chi connectivity index (χ3n) is 6.36. The number of piperidine rings is 1. The highest BCUT2D eigenvalue weighted by molar-refractivity contribution is 4.96. The Balaban J connectivity index is 2.00. The molecule has 2 aliphatic rings. The highest BCUT2D eigenvalue weighted by atomic mass is 15.2. The van der Waals surface area contributed by atoms with E-state index in [1.54, 1.807) is 0 Å². The Labute approximate surface area is 133 Å². The van der Waals surface area contributed by atoms with Gasteiger partial charge in [-0.3, -0.25) is 4.90 Å². The topological polar surface area (TPSA) is 15.3 Å². The Kier molecular flexibility index (Phi) is 6.14. The molecule has 1 N–H and O–H groups in total. The van der Waals surface area contributed by atoms with Crippen LogP contribution in [0.5, 0.6) is 0 Å². The van der Waals surface area contributed by atoms with Crippen molar-refractivity contribution in [1.29, 1.82) is 0 Å². The molecule has 0 aromatic carbocycles. The van der Waals surface area contributed by atoms with Crippen molar-refractivity contribution in [2.24, 2.45) is 17.3 Å². The van der Waals surface area contributed by atoms with Crippen molar-refractivity contribution in [2.75, 3.05) is 19.6 Å². The molecule has 0 spiro atoms. The largest absolute Gasteiger partial charge is 0.312 e. The molecule has 1 aliphatic carbocycles. The van der Waals surface area contributed by atoms with Gasteiger partial charge in [0.05, 0.1) is 0 Å². The van der Waals surface area contributed by atoms with Crippen LogP contribution in [0, 0.1) is 17.3 Å². The van der Waals surface area contributed by atoms with Gasteiger partial charge in [-0.2, -0.15) is 0 Å². The molecule has 1 heterocycles. The quantitative estimate of drug-likeness (QED) is 0.813. The minimum absolute atomic E-state index is 0.605. The first-order valence-electron chi connectivity index (χ1n) is 9.46. The monoisotopic (exact) mass is 294 g/mol. The zero-order chi connectivity index (χ0) is 15.5. The van der Waals surface area contributed by atoms with Crippen LogP contribution >= 0.6 is 0 Å². The lowest BCUT2D eigenvalue weighted by Crippen LogP contribution is -2.58. The van der Waals surface area contributed by atoms with Crippen molar-refractivity contribution in [3.8, 4) is 0 Å². The summed E-state index contributed by atoms with van der Waals surface area (Å²) in [6, 6.07) is 1.49. The van der Waals surface area contributed by atoms with Crippen LogP contribution in [0.15, 0.2) is 0 Å². The van der Waals surface area contributed by atoms with Crippen molar-refractivity contribution in [2.45, 2.75) is 85.2 Å². The number of likely N-dealkylation sites (tertiary alicyclic amines) is 1. The number of rotatable bonds is 5. The van der Waals surface area contributed by atoms with Gasteiger partial charge in [-0.15, -0.1) is 0 Å². The molecule has 4 atom stereocenters. The minimum Gasteiger partial charge on any atom is -0.312 e. The van der Waals surface area contributed by atoms with Crippen LogP contribution < -0.4 is 5.32 Å². The highest BCUT2D eigenvalue weighted by Gasteiger charge is 2.40. The summed E-state index contributed by atoms with van der Waals surface area (Å²) < 4.78 is 0. The maximum absolute atomic E-state index is 3.87. The van der Waals surface area contributed by atoms with E-state index in [1.807, 2.05) is 0 Å². The summed E-state index contributed by atoms with van der Waals surface area (Å²) in [6.07, 6.45) is 8.16. The number of hydrogen-bond donors (Lipinski definition) is 1. The molecule has 2 fully saturated rings. The van der Waals surface area contributed by atoms with E-state index in [-0.39, 0.29) is 0 Å². The summed E-state index contributed by atoms with van der Waals surface area (Å²) in [4.78, 5) is 2.83. The Morgan fingerprint density at radius 3 is 2.33 bits per heavy atom. The molecule has 0 radical (unpaired) electrons. The van der Waals surface area contributed by atoms with E-state index in [9.17, 15) is 0 Å². The zero-order valence-corrected chi connectivity index (χ0v) is 15.1. The highest BCUT2D eigenvalue weighted by Crippen LogP contribution is 2.38. The Hall–Kier alpha value is -0.0800. The summed E-state index contributed by atoms with van der Waals surface area (Å²) in [5.41, 5.74) is 0.605. The third-order valence-corrected chi connectivity index (χ3v) is 6.36. The minimum atomic E-state index is 0.605. The summed E-state index contributed by atoms with van der Waals surface area (Å²) in [5.74, 6) is 1.73. The van der Waals surface area contributed by atoms with Gasteiger partial charge >= 0.3 is 0 Å². The number of nitrogens with zero attached hydrogens (tertiary/aromatic N) is 1. The molecule has 124 valence electrons. The van der Waals surface area contributed by atoms with Gasteiger partial charge in [0.25, 0.3) is 0 Å². The van der Waals surface area contributed by atoms with Crippen LogP contribution in [0.3, 0.4) is 0 Å². The third kappa shape index (κ3) is 4.22. The normalized spacial score (nSPS) is 37.6. The fourth-order valence-electron chi connectivity index (χ4n) is 4.70. The van der Waals surface area contributed by atoms with Crippen molar-refractivity contribution < 1.29 is 0 Å². The average Bonchev–Trinajstić information content (AvgIpc) is 2.46. The molecule has 21 heavy (non-hydrogen) atoms. The first-order chi connectivity index (χ1) is 9.99. The van der Waals surface area contributed by atoms with Crippen LogP contribution in [0.2, 0.25) is 0 Å². The summed E-state index contributed by atoms with van der Waals surface area (Å²) in [7, 11) is 0. The molecule has 1 aliphatic heterocycles. The predicted molar refractivity (Wildman–Crippen MR) is 92.6 cm³/mol. The van der Waals surface area contributed by atoms with E-state index < -0.39 is 0 Å². The molecule has 1 saturated carbocycles. The lowest BCUT2D eigenvalue weighted by atomic mass is 9.73. The second-order valence-corrected chi connectivity index (χ2v) is 8.31. The van der Waals surface area contributed by atoms with Crippen LogP contribution in [-0.4, -0.2) is 36.6 Å². The van der Waals surface area contributed by atoms with E-state index in [0.717, 1.165) is 23.9 Å². The van der Waals surface area contributed by atoms with E-state index in [1.165, 1.54) is 58.2 Å². The predicted octanol–water partition coefficient (Wildman–Crippen LogP) is 4.30. The molecule has 0 aromatic rings. The lowest BCUT2D eigenvalue weighted by Gasteiger charge is -2.50. The van der Waals surface area contributed by atoms with Gasteiger partial charge in [0.15, 0.2) is 0 Å². The molecular weight excluding hydrogens is 256 g/mol. The van der Waals surface area contributed by atoms with Gasteiger partial charge in [-0.05, 0) is 69.0 Å². The van der Waals surface area contributed by atoms with E-state index >= 15 is 0 Å². The summed E-state index contributed by atoms with van der Waals surface area (Å²) >= 11 is 0. The number of nitrogens with one attached hydrogen (secondary N) is 1. The van der Waals surface area contributed by atoms with Gasteiger partial charge < -0.3 is 5.32 Å². The molecule has 2 heteroatoms. The molecular formula is C19H38N2. The smallest absolute Gasteiger partial charge is 0.0275 e. The molecule has 0 aromatic heterocycles. The second-order valence-electron chi connectivity index (χ2n) is 8.31. The Bertz CT molecular complexity index is 307. The fourth-order valence-corrected chi connectivity index (χ4v) is 4.70. The molecule has 4 unspecified atom stereocenters. The maximum Gasteiger partial charge on any atom is 0.0275 e. The van der Waals surface area contributed by atoms with E-state index in [0.29, 0.717) is 5.41 Å². The Morgan fingerprint density at radius 1 is 1.10 bits per heavy atom. The van der Waals surface area contributed by atoms with Crippen LogP contribution in [0.4, 0.5) is 0 Å². The summed E-state index contributed by atoms with van der Waals surface area (Å²) in [5, 5.41) is 3.87. The van der Waals surface area contributed by atoms with E-state index in [2.05, 4.69) is 44.8 Å². The summed E-state index contributed by atoms with van der Waals surface area (Å²) in [6.45, 7) is 15.9. The van der Waals surface area contributed by atoms with Crippen molar-refractivity contribution in [3.05, 3.63) is 0 Å². The van der Waals surface area contributed by atoms with Crippen LogP contribution in [0.25, 0.3) is 0 Å². The van der Waals surface area contributed by atoms with Gasteiger partial charge in [0.1, 0.15) is 0 Å². The van der Waals surface area contributed by atoms with Gasteiger partial charge in [-0.25, -0.2) is 0 Å². The van der Waals surface area contributed by atoms with Crippen molar-refractivity contribution in [3.63, 3.8) is 0 Å². The maximum atomic E-state index is 3.87. The standard InChI is InChI=1S/C19H38N2/c1-6-10-20-17-14-15(3)13-16(4)18(17)21-11-8-19(5,7-2)9-12-21/h15-18,20H,6-14H2,1-5H3. The van der Waals surface area contributed by atoms with Gasteiger partial charge in [0.2, 0.25) is 0 Å². The van der Waals surface area contributed by atoms with Crippen LogP contribution in [-0.2, 0) is 0 Å². The molecule has 2 nitrogen and oxygen atoms in total. The van der Waals surface area contributed by atoms with Crippen molar-refractivity contribution >= 4 is 0 Å². The Morgan fingerprint density at radius 2 is 1.76 bits per heavy atom. The lowest BCUT2D eigenvalue weighted by molar-refractivity contribution is 0.0151. The average molecular weight is 295 g/mol. The first-order valence-corrected chi connectivity index (χ1v) is 9.46. The molecule has 0 amide bonds. The van der Waals surface area contributed by atoms with Crippen molar-refractivity contribution in [1.82, 2.24) is 10.2 Å². The fraction of sp³-hybridized carbons (Fsp3) is 1.00.